The predicted octanol–water partition coefficient (Wildman–Crippen LogP) is 2.57. The van der Waals surface area contributed by atoms with Crippen molar-refractivity contribution in [1.29, 1.82) is 0 Å². The van der Waals surface area contributed by atoms with E-state index in [1.54, 1.807) is 13.4 Å². The van der Waals surface area contributed by atoms with E-state index in [1.807, 2.05) is 53.3 Å². The lowest BCUT2D eigenvalue weighted by Crippen LogP contribution is -2.47. The van der Waals surface area contributed by atoms with Gasteiger partial charge in [0.15, 0.2) is 5.65 Å². The lowest BCUT2D eigenvalue weighted by atomic mass is 10.1. The lowest BCUT2D eigenvalue weighted by Gasteiger charge is -2.37. The summed E-state index contributed by atoms with van der Waals surface area (Å²) in [6, 6.07) is 16.1. The molecule has 1 fully saturated rings. The molecule has 1 amide bonds. The number of nitrogens with zero attached hydrogens (tertiary/aromatic N) is 6. The average molecular weight is 458 g/mol. The zero-order valence-electron chi connectivity index (χ0n) is 19.1. The summed E-state index contributed by atoms with van der Waals surface area (Å²) in [4.78, 5) is 24.9. The average Bonchev–Trinajstić information content (AvgIpc) is 3.32. The van der Waals surface area contributed by atoms with E-state index in [0.717, 1.165) is 65.7 Å². The molecule has 4 aromatic rings. The molecule has 0 bridgehead atoms. The quantitative estimate of drug-likeness (QED) is 0.455. The second-order valence-electron chi connectivity index (χ2n) is 8.27. The lowest BCUT2D eigenvalue weighted by molar-refractivity contribution is -0.117. The molecular formula is C25H27N7O2. The first-order valence-electron chi connectivity index (χ1n) is 11.3. The zero-order chi connectivity index (χ0) is 23.5. The molecule has 0 spiro atoms. The maximum Gasteiger partial charge on any atom is 0.217 e. The third-order valence-corrected chi connectivity index (χ3v) is 6.17. The van der Waals surface area contributed by atoms with Gasteiger partial charge in [-0.05, 0) is 36.2 Å². The van der Waals surface area contributed by atoms with Gasteiger partial charge in [-0.1, -0.05) is 24.3 Å². The molecule has 0 atom stereocenters. The number of primary amides is 1. The highest BCUT2D eigenvalue weighted by Crippen LogP contribution is 2.30. The normalized spacial score (nSPS) is 13.9. The molecule has 1 aliphatic heterocycles. The van der Waals surface area contributed by atoms with Crippen LogP contribution in [0.5, 0.6) is 5.75 Å². The van der Waals surface area contributed by atoms with E-state index in [9.17, 15) is 4.79 Å². The van der Waals surface area contributed by atoms with Gasteiger partial charge in [0.1, 0.15) is 17.9 Å². The van der Waals surface area contributed by atoms with Crippen LogP contribution >= 0.6 is 0 Å². The number of methoxy groups -OCH3 is 1. The Hall–Kier alpha value is -4.14. The van der Waals surface area contributed by atoms with Gasteiger partial charge in [0.05, 0.1) is 30.1 Å². The number of anilines is 2. The summed E-state index contributed by atoms with van der Waals surface area (Å²) in [5.41, 5.74) is 9.09. The van der Waals surface area contributed by atoms with Crippen LogP contribution in [0.2, 0.25) is 0 Å². The SMILES string of the molecule is COc1ccccc1N1CCN(c2ncnc3c2cnn3-c2cccc(CCC(N)=O)c2)CC1. The van der Waals surface area contributed by atoms with Crippen LogP contribution < -0.4 is 20.3 Å². The zero-order valence-corrected chi connectivity index (χ0v) is 19.1. The number of rotatable bonds is 7. The van der Waals surface area contributed by atoms with Gasteiger partial charge in [-0.2, -0.15) is 5.10 Å². The molecule has 3 heterocycles. The summed E-state index contributed by atoms with van der Waals surface area (Å²) in [5, 5.41) is 5.52. The number of aryl methyl sites for hydroxylation is 1. The maximum absolute atomic E-state index is 11.2. The molecular weight excluding hydrogens is 430 g/mol. The highest BCUT2D eigenvalue weighted by atomic mass is 16.5. The molecule has 34 heavy (non-hydrogen) atoms. The van der Waals surface area contributed by atoms with Crippen molar-refractivity contribution in [2.24, 2.45) is 5.73 Å². The van der Waals surface area contributed by atoms with Crippen LogP contribution in [0.25, 0.3) is 16.7 Å². The molecule has 174 valence electrons. The number of piperazine rings is 1. The van der Waals surface area contributed by atoms with Crippen molar-refractivity contribution in [1.82, 2.24) is 19.7 Å². The minimum absolute atomic E-state index is 0.307. The minimum atomic E-state index is -0.307. The molecule has 0 aliphatic carbocycles. The summed E-state index contributed by atoms with van der Waals surface area (Å²) in [7, 11) is 1.71. The fourth-order valence-corrected chi connectivity index (χ4v) is 4.43. The third-order valence-electron chi connectivity index (χ3n) is 6.17. The molecule has 0 saturated carbocycles. The van der Waals surface area contributed by atoms with Gasteiger partial charge >= 0.3 is 0 Å². The van der Waals surface area contributed by atoms with Gasteiger partial charge in [-0.15, -0.1) is 0 Å². The number of aromatic nitrogens is 4. The highest BCUT2D eigenvalue weighted by molar-refractivity contribution is 5.87. The number of benzene rings is 2. The third kappa shape index (κ3) is 4.24. The molecule has 9 nitrogen and oxygen atoms in total. The molecule has 5 rings (SSSR count). The largest absolute Gasteiger partial charge is 0.495 e. The molecule has 2 N–H and O–H groups in total. The number of hydrogen-bond donors (Lipinski definition) is 1. The first kappa shape index (κ1) is 21.7. The van der Waals surface area contributed by atoms with Gasteiger partial charge in [-0.3, -0.25) is 4.79 Å². The first-order valence-corrected chi connectivity index (χ1v) is 11.3. The molecule has 1 saturated heterocycles. The topological polar surface area (TPSA) is 102 Å². The summed E-state index contributed by atoms with van der Waals surface area (Å²) in [6.07, 6.45) is 4.34. The van der Waals surface area contributed by atoms with Gasteiger partial charge in [-0.25, -0.2) is 14.6 Å². The van der Waals surface area contributed by atoms with E-state index in [-0.39, 0.29) is 5.91 Å². The summed E-state index contributed by atoms with van der Waals surface area (Å²) in [6.45, 7) is 3.39. The molecule has 0 unspecified atom stereocenters. The Morgan fingerprint density at radius 2 is 1.82 bits per heavy atom. The van der Waals surface area contributed by atoms with E-state index in [2.05, 4.69) is 30.9 Å². The number of hydrogen-bond acceptors (Lipinski definition) is 7. The Balaban J connectivity index is 1.38. The smallest absolute Gasteiger partial charge is 0.217 e. The van der Waals surface area contributed by atoms with E-state index >= 15 is 0 Å². The highest BCUT2D eigenvalue weighted by Gasteiger charge is 2.23. The minimum Gasteiger partial charge on any atom is -0.495 e. The molecule has 2 aromatic carbocycles. The van der Waals surface area contributed by atoms with Crippen LogP contribution in [-0.4, -0.2) is 58.9 Å². The van der Waals surface area contributed by atoms with Crippen LogP contribution in [0.1, 0.15) is 12.0 Å². The molecule has 0 radical (unpaired) electrons. The van der Waals surface area contributed by atoms with E-state index in [0.29, 0.717) is 12.8 Å². The van der Waals surface area contributed by atoms with Crippen molar-refractivity contribution in [2.45, 2.75) is 12.8 Å². The van der Waals surface area contributed by atoms with E-state index < -0.39 is 0 Å². The Labute approximate surface area is 197 Å². The second-order valence-corrected chi connectivity index (χ2v) is 8.27. The molecule has 1 aliphatic rings. The number of nitrogens with two attached hydrogens (primary N) is 1. The molecule has 2 aromatic heterocycles. The van der Waals surface area contributed by atoms with E-state index in [1.165, 1.54) is 0 Å². The number of carbonyl (C=O) groups is 1. The molecule has 9 heteroatoms. The summed E-state index contributed by atoms with van der Waals surface area (Å²) in [5.74, 6) is 1.47. The Kier molecular flexibility index (Phi) is 5.99. The predicted molar refractivity (Wildman–Crippen MR) is 132 cm³/mol. The Bertz CT molecular complexity index is 1310. The van der Waals surface area contributed by atoms with Crippen molar-refractivity contribution in [3.05, 3.63) is 66.6 Å². The van der Waals surface area contributed by atoms with E-state index in [4.69, 9.17) is 10.5 Å². The fourth-order valence-electron chi connectivity index (χ4n) is 4.43. The summed E-state index contributed by atoms with van der Waals surface area (Å²) < 4.78 is 7.36. The van der Waals surface area contributed by atoms with Gasteiger partial charge in [0, 0.05) is 32.6 Å². The van der Waals surface area contributed by atoms with Gasteiger partial charge in [0.2, 0.25) is 5.91 Å². The fraction of sp³-hybridized carbons (Fsp3) is 0.280. The number of ether oxygens (including phenoxy) is 1. The van der Waals surface area contributed by atoms with Crippen molar-refractivity contribution < 1.29 is 9.53 Å². The van der Waals surface area contributed by atoms with Gasteiger partial charge < -0.3 is 20.3 Å². The number of amides is 1. The van der Waals surface area contributed by atoms with Crippen LogP contribution in [-0.2, 0) is 11.2 Å². The number of para-hydroxylation sites is 2. The standard InChI is InChI=1S/C25H27N7O2/c1-34-22-8-3-2-7-21(22)30-11-13-31(14-12-30)24-20-16-29-32(25(20)28-17-27-24)19-6-4-5-18(15-19)9-10-23(26)33/h2-8,15-17H,9-14H2,1H3,(H2,26,33). The number of fused-ring (bicyclic) bond motifs is 1. The Morgan fingerprint density at radius 1 is 1.03 bits per heavy atom. The summed E-state index contributed by atoms with van der Waals surface area (Å²) >= 11 is 0. The Morgan fingerprint density at radius 3 is 2.62 bits per heavy atom. The van der Waals surface area contributed by atoms with Crippen molar-refractivity contribution in [3.8, 4) is 11.4 Å². The van der Waals surface area contributed by atoms with Crippen LogP contribution in [0.3, 0.4) is 0 Å². The van der Waals surface area contributed by atoms with Crippen molar-refractivity contribution >= 4 is 28.4 Å². The first-order chi connectivity index (χ1) is 16.6. The van der Waals surface area contributed by atoms with Crippen molar-refractivity contribution in [2.75, 3.05) is 43.1 Å². The monoisotopic (exact) mass is 457 g/mol. The van der Waals surface area contributed by atoms with Crippen LogP contribution in [0, 0.1) is 0 Å². The maximum atomic E-state index is 11.2. The second kappa shape index (κ2) is 9.38. The van der Waals surface area contributed by atoms with Crippen molar-refractivity contribution in [3.63, 3.8) is 0 Å². The van der Waals surface area contributed by atoms with Crippen LogP contribution in [0.4, 0.5) is 11.5 Å². The number of carbonyl (C=O) groups excluding carboxylic acids is 1. The van der Waals surface area contributed by atoms with Crippen LogP contribution in [0.15, 0.2) is 61.1 Å². The van der Waals surface area contributed by atoms with Gasteiger partial charge in [0.25, 0.3) is 0 Å².